The zero-order valence-corrected chi connectivity index (χ0v) is 9.33. The SMILES string of the molecule is C=C(C)CCNCCSCCCO. The highest BCUT2D eigenvalue weighted by atomic mass is 32.2. The van der Waals surface area contributed by atoms with Gasteiger partial charge in [0.2, 0.25) is 0 Å². The highest BCUT2D eigenvalue weighted by Crippen LogP contribution is 2.00. The van der Waals surface area contributed by atoms with Gasteiger partial charge in [-0.2, -0.15) is 11.8 Å². The number of aliphatic hydroxyl groups excluding tert-OH is 1. The van der Waals surface area contributed by atoms with E-state index < -0.39 is 0 Å². The second-order valence-electron chi connectivity index (χ2n) is 3.15. The van der Waals surface area contributed by atoms with Gasteiger partial charge >= 0.3 is 0 Å². The molecule has 0 saturated carbocycles. The standard InChI is InChI=1S/C10H21NOS/c1-10(2)4-5-11-6-9-13-8-3-7-12/h11-12H,1,3-9H2,2H3. The molecule has 0 unspecified atom stereocenters. The minimum Gasteiger partial charge on any atom is -0.396 e. The van der Waals surface area contributed by atoms with Crippen molar-refractivity contribution in [2.24, 2.45) is 0 Å². The molecule has 78 valence electrons. The Balaban J connectivity index is 2.87. The number of hydrogen-bond donors (Lipinski definition) is 2. The van der Waals surface area contributed by atoms with E-state index in [1.165, 1.54) is 5.57 Å². The normalized spacial score (nSPS) is 10.3. The zero-order chi connectivity index (χ0) is 9.94. The lowest BCUT2D eigenvalue weighted by atomic mass is 10.2. The van der Waals surface area contributed by atoms with Crippen LogP contribution in [-0.4, -0.2) is 36.3 Å². The van der Waals surface area contributed by atoms with Gasteiger partial charge in [0.1, 0.15) is 0 Å². The molecule has 0 heterocycles. The lowest BCUT2D eigenvalue weighted by Gasteiger charge is -2.03. The number of rotatable bonds is 9. The van der Waals surface area contributed by atoms with E-state index in [9.17, 15) is 0 Å². The summed E-state index contributed by atoms with van der Waals surface area (Å²) in [7, 11) is 0. The summed E-state index contributed by atoms with van der Waals surface area (Å²) >= 11 is 1.89. The predicted molar refractivity (Wildman–Crippen MR) is 61.3 cm³/mol. The van der Waals surface area contributed by atoms with E-state index >= 15 is 0 Å². The molecule has 0 aliphatic heterocycles. The van der Waals surface area contributed by atoms with Crippen molar-refractivity contribution in [2.45, 2.75) is 19.8 Å². The van der Waals surface area contributed by atoms with Gasteiger partial charge in [0, 0.05) is 18.9 Å². The van der Waals surface area contributed by atoms with Gasteiger partial charge in [-0.1, -0.05) is 5.57 Å². The molecule has 0 aromatic rings. The van der Waals surface area contributed by atoms with E-state index in [-0.39, 0.29) is 0 Å². The van der Waals surface area contributed by atoms with E-state index in [0.717, 1.165) is 37.4 Å². The van der Waals surface area contributed by atoms with E-state index in [4.69, 9.17) is 5.11 Å². The van der Waals surface area contributed by atoms with Crippen LogP contribution in [0.4, 0.5) is 0 Å². The molecular formula is C10H21NOS. The Morgan fingerprint density at radius 3 is 2.77 bits per heavy atom. The third kappa shape index (κ3) is 12.0. The van der Waals surface area contributed by atoms with Gasteiger partial charge in [-0.05, 0) is 32.1 Å². The highest BCUT2D eigenvalue weighted by molar-refractivity contribution is 7.99. The van der Waals surface area contributed by atoms with Crippen LogP contribution in [0, 0.1) is 0 Å². The van der Waals surface area contributed by atoms with Crippen LogP contribution in [-0.2, 0) is 0 Å². The Hall–Kier alpha value is 0.01000. The Kier molecular flexibility index (Phi) is 10.1. The van der Waals surface area contributed by atoms with Gasteiger partial charge in [0.05, 0.1) is 0 Å². The molecule has 3 heteroatoms. The quantitative estimate of drug-likeness (QED) is 0.441. The molecule has 2 nitrogen and oxygen atoms in total. The van der Waals surface area contributed by atoms with Crippen LogP contribution in [0.3, 0.4) is 0 Å². The maximum Gasteiger partial charge on any atom is 0.0438 e. The first-order chi connectivity index (χ1) is 6.27. The molecule has 0 aromatic heterocycles. The summed E-state index contributed by atoms with van der Waals surface area (Å²) in [4.78, 5) is 0. The summed E-state index contributed by atoms with van der Waals surface area (Å²) in [6.07, 6.45) is 1.98. The summed E-state index contributed by atoms with van der Waals surface area (Å²) in [5.41, 5.74) is 1.24. The molecule has 0 aliphatic rings. The molecule has 0 aliphatic carbocycles. The molecule has 0 bridgehead atoms. The van der Waals surface area contributed by atoms with Crippen LogP contribution in [0.25, 0.3) is 0 Å². The van der Waals surface area contributed by atoms with Crippen molar-refractivity contribution in [3.63, 3.8) is 0 Å². The van der Waals surface area contributed by atoms with Crippen molar-refractivity contribution >= 4 is 11.8 Å². The lowest BCUT2D eigenvalue weighted by molar-refractivity contribution is 0.296. The van der Waals surface area contributed by atoms with E-state index in [1.807, 2.05) is 11.8 Å². The fraction of sp³-hybridized carbons (Fsp3) is 0.800. The summed E-state index contributed by atoms with van der Waals surface area (Å²) < 4.78 is 0. The molecular weight excluding hydrogens is 182 g/mol. The third-order valence-electron chi connectivity index (χ3n) is 1.60. The topological polar surface area (TPSA) is 32.3 Å². The van der Waals surface area contributed by atoms with Crippen molar-refractivity contribution < 1.29 is 5.11 Å². The monoisotopic (exact) mass is 203 g/mol. The second-order valence-corrected chi connectivity index (χ2v) is 4.37. The minimum atomic E-state index is 0.316. The van der Waals surface area contributed by atoms with E-state index in [1.54, 1.807) is 0 Å². The molecule has 0 amide bonds. The Morgan fingerprint density at radius 1 is 1.38 bits per heavy atom. The van der Waals surface area contributed by atoms with Crippen LogP contribution in [0.15, 0.2) is 12.2 Å². The Bertz CT molecular complexity index is 128. The number of aliphatic hydroxyl groups is 1. The van der Waals surface area contributed by atoms with Crippen LogP contribution in [0.2, 0.25) is 0 Å². The van der Waals surface area contributed by atoms with Gasteiger partial charge < -0.3 is 10.4 Å². The summed E-state index contributed by atoms with van der Waals surface area (Å²) in [6, 6.07) is 0. The van der Waals surface area contributed by atoms with Gasteiger partial charge in [0.25, 0.3) is 0 Å². The molecule has 0 spiro atoms. The lowest BCUT2D eigenvalue weighted by Crippen LogP contribution is -2.18. The highest BCUT2D eigenvalue weighted by Gasteiger charge is 1.90. The first-order valence-electron chi connectivity index (χ1n) is 4.81. The van der Waals surface area contributed by atoms with Crippen LogP contribution in [0.5, 0.6) is 0 Å². The van der Waals surface area contributed by atoms with Crippen molar-refractivity contribution in [3.8, 4) is 0 Å². The Morgan fingerprint density at radius 2 is 2.15 bits per heavy atom. The average molecular weight is 203 g/mol. The molecule has 0 fully saturated rings. The molecule has 0 rings (SSSR count). The summed E-state index contributed by atoms with van der Waals surface area (Å²) in [6.45, 7) is 8.31. The summed E-state index contributed by atoms with van der Waals surface area (Å²) in [5.74, 6) is 2.20. The first-order valence-corrected chi connectivity index (χ1v) is 5.96. The Labute approximate surface area is 85.8 Å². The van der Waals surface area contributed by atoms with E-state index in [0.29, 0.717) is 6.61 Å². The molecule has 13 heavy (non-hydrogen) atoms. The van der Waals surface area contributed by atoms with Gasteiger partial charge in [-0.15, -0.1) is 6.58 Å². The molecule has 0 radical (unpaired) electrons. The van der Waals surface area contributed by atoms with Gasteiger partial charge in [0.15, 0.2) is 0 Å². The van der Waals surface area contributed by atoms with Crippen molar-refractivity contribution in [1.82, 2.24) is 5.32 Å². The maximum absolute atomic E-state index is 8.53. The largest absolute Gasteiger partial charge is 0.396 e. The second kappa shape index (κ2) is 10.1. The molecule has 0 aromatic carbocycles. The smallest absolute Gasteiger partial charge is 0.0438 e. The number of hydrogen-bond acceptors (Lipinski definition) is 3. The van der Waals surface area contributed by atoms with Crippen molar-refractivity contribution in [3.05, 3.63) is 12.2 Å². The minimum absolute atomic E-state index is 0.316. The van der Waals surface area contributed by atoms with Crippen LogP contribution < -0.4 is 5.32 Å². The molecule has 0 saturated heterocycles. The number of nitrogens with one attached hydrogen (secondary N) is 1. The van der Waals surface area contributed by atoms with Crippen LogP contribution >= 0.6 is 11.8 Å². The number of thioether (sulfide) groups is 1. The van der Waals surface area contributed by atoms with Crippen LogP contribution in [0.1, 0.15) is 19.8 Å². The fourth-order valence-electron chi connectivity index (χ4n) is 0.840. The van der Waals surface area contributed by atoms with E-state index in [2.05, 4.69) is 18.8 Å². The maximum atomic E-state index is 8.53. The van der Waals surface area contributed by atoms with Crippen molar-refractivity contribution in [1.29, 1.82) is 0 Å². The fourth-order valence-corrected chi connectivity index (χ4v) is 1.67. The zero-order valence-electron chi connectivity index (χ0n) is 8.51. The van der Waals surface area contributed by atoms with Crippen molar-refractivity contribution in [2.75, 3.05) is 31.2 Å². The molecule has 0 atom stereocenters. The average Bonchev–Trinajstić information content (AvgIpc) is 2.09. The van der Waals surface area contributed by atoms with Gasteiger partial charge in [-0.3, -0.25) is 0 Å². The summed E-state index contributed by atoms with van der Waals surface area (Å²) in [5, 5.41) is 11.9. The first kappa shape index (κ1) is 13.0. The van der Waals surface area contributed by atoms with Gasteiger partial charge in [-0.25, -0.2) is 0 Å². The predicted octanol–water partition coefficient (Wildman–Crippen LogP) is 1.66. The third-order valence-corrected chi connectivity index (χ3v) is 2.67. The molecule has 2 N–H and O–H groups in total.